The van der Waals surface area contributed by atoms with E-state index in [9.17, 15) is 9.59 Å². The molecule has 0 aromatic heterocycles. The minimum atomic E-state index is -0.822. The Balaban J connectivity index is 1.85. The molecule has 1 aromatic carbocycles. The minimum Gasteiger partial charge on any atom is -0.493 e. The lowest BCUT2D eigenvalue weighted by Gasteiger charge is -2.09. The van der Waals surface area contributed by atoms with Crippen molar-refractivity contribution in [2.45, 2.75) is 25.9 Å². The van der Waals surface area contributed by atoms with Gasteiger partial charge in [0, 0.05) is 23.2 Å². The Morgan fingerprint density at radius 1 is 1.46 bits per heavy atom. The molecule has 2 rings (SSSR count). The second-order valence-corrected chi connectivity index (χ2v) is 6.08. The summed E-state index contributed by atoms with van der Waals surface area (Å²) in [5, 5.41) is 6.34. The number of carbonyl (C=O) groups is 2. The molecule has 0 aliphatic carbocycles. The molecule has 0 bridgehead atoms. The topological polar surface area (TPSA) is 89.0 Å². The standard InChI is InChI=1S/C16H20BrN3O4/c1-2-23-14-6-5-12(17)8-11(14)9-19-20-16(22)15(21)18-10-13-4-3-7-24-13/h5-6,8-9,13H,2-4,7,10H2,1H3,(H,18,21)(H,20,22)/b19-9-/t13-/m0/s1. The van der Waals surface area contributed by atoms with Crippen LogP contribution in [0.5, 0.6) is 5.75 Å². The van der Waals surface area contributed by atoms with Gasteiger partial charge >= 0.3 is 11.8 Å². The molecule has 1 aromatic rings. The first-order valence-electron chi connectivity index (χ1n) is 7.75. The molecule has 1 aliphatic rings. The summed E-state index contributed by atoms with van der Waals surface area (Å²) in [7, 11) is 0. The molecule has 2 N–H and O–H groups in total. The van der Waals surface area contributed by atoms with Crippen LogP contribution in [0.1, 0.15) is 25.3 Å². The fourth-order valence-corrected chi connectivity index (χ4v) is 2.59. The van der Waals surface area contributed by atoms with Crippen molar-refractivity contribution in [3.63, 3.8) is 0 Å². The van der Waals surface area contributed by atoms with Crippen LogP contribution in [0.2, 0.25) is 0 Å². The first kappa shape index (κ1) is 18.4. The second-order valence-electron chi connectivity index (χ2n) is 5.16. The van der Waals surface area contributed by atoms with E-state index in [4.69, 9.17) is 9.47 Å². The summed E-state index contributed by atoms with van der Waals surface area (Å²) in [6.45, 7) is 3.42. The number of amides is 2. The highest BCUT2D eigenvalue weighted by Crippen LogP contribution is 2.21. The number of hydrazone groups is 1. The highest BCUT2D eigenvalue weighted by Gasteiger charge is 2.18. The van der Waals surface area contributed by atoms with Gasteiger partial charge in [0.05, 0.1) is 18.9 Å². The predicted molar refractivity (Wildman–Crippen MR) is 93.0 cm³/mol. The summed E-state index contributed by atoms with van der Waals surface area (Å²) in [5.74, 6) is -0.916. The molecule has 0 spiro atoms. The van der Waals surface area contributed by atoms with Crippen molar-refractivity contribution in [2.24, 2.45) is 5.10 Å². The van der Waals surface area contributed by atoms with Crippen LogP contribution in [-0.2, 0) is 14.3 Å². The van der Waals surface area contributed by atoms with Gasteiger partial charge < -0.3 is 14.8 Å². The fourth-order valence-electron chi connectivity index (χ4n) is 2.21. The summed E-state index contributed by atoms with van der Waals surface area (Å²) < 4.78 is 11.7. The van der Waals surface area contributed by atoms with E-state index in [1.807, 2.05) is 13.0 Å². The zero-order valence-electron chi connectivity index (χ0n) is 13.4. The zero-order valence-corrected chi connectivity index (χ0v) is 15.0. The zero-order chi connectivity index (χ0) is 17.4. The molecule has 130 valence electrons. The van der Waals surface area contributed by atoms with E-state index in [1.165, 1.54) is 6.21 Å². The SMILES string of the molecule is CCOc1ccc(Br)cc1/C=N\NC(=O)C(=O)NC[C@@H]1CCCO1. The Bertz CT molecular complexity index is 615. The van der Waals surface area contributed by atoms with Gasteiger partial charge in [-0.15, -0.1) is 0 Å². The van der Waals surface area contributed by atoms with Crippen molar-refractivity contribution < 1.29 is 19.1 Å². The molecular weight excluding hydrogens is 378 g/mol. The smallest absolute Gasteiger partial charge is 0.329 e. The van der Waals surface area contributed by atoms with Gasteiger partial charge in [-0.3, -0.25) is 9.59 Å². The molecule has 24 heavy (non-hydrogen) atoms. The van der Waals surface area contributed by atoms with Crippen LogP contribution in [0.4, 0.5) is 0 Å². The van der Waals surface area contributed by atoms with E-state index in [0.717, 1.165) is 17.3 Å². The van der Waals surface area contributed by atoms with Crippen molar-refractivity contribution in [3.05, 3.63) is 28.2 Å². The van der Waals surface area contributed by atoms with E-state index in [0.29, 0.717) is 31.1 Å². The summed E-state index contributed by atoms with van der Waals surface area (Å²) in [5.41, 5.74) is 2.89. The minimum absolute atomic E-state index is 0.0133. The summed E-state index contributed by atoms with van der Waals surface area (Å²) in [6.07, 6.45) is 3.29. The van der Waals surface area contributed by atoms with Crippen LogP contribution in [0.3, 0.4) is 0 Å². The van der Waals surface area contributed by atoms with Crippen molar-refractivity contribution in [3.8, 4) is 5.75 Å². The summed E-state index contributed by atoms with van der Waals surface area (Å²) >= 11 is 3.36. The molecule has 8 heteroatoms. The number of rotatable bonds is 6. The van der Waals surface area contributed by atoms with Gasteiger partial charge in [0.2, 0.25) is 0 Å². The first-order chi connectivity index (χ1) is 11.6. The maximum absolute atomic E-state index is 11.7. The Morgan fingerprint density at radius 3 is 3.00 bits per heavy atom. The lowest BCUT2D eigenvalue weighted by atomic mass is 10.2. The van der Waals surface area contributed by atoms with Crippen LogP contribution in [0, 0.1) is 0 Å². The largest absolute Gasteiger partial charge is 0.493 e. The monoisotopic (exact) mass is 397 g/mol. The number of ether oxygens (including phenoxy) is 2. The van der Waals surface area contributed by atoms with Gasteiger partial charge in [-0.1, -0.05) is 15.9 Å². The Hall–Kier alpha value is -1.93. The van der Waals surface area contributed by atoms with Crippen molar-refractivity contribution in [2.75, 3.05) is 19.8 Å². The van der Waals surface area contributed by atoms with E-state index in [2.05, 4.69) is 31.8 Å². The normalized spacial score (nSPS) is 17.0. The third-order valence-corrected chi connectivity index (χ3v) is 3.86. The highest BCUT2D eigenvalue weighted by atomic mass is 79.9. The maximum atomic E-state index is 11.7. The molecular formula is C16H20BrN3O4. The number of nitrogens with zero attached hydrogens (tertiary/aromatic N) is 1. The van der Waals surface area contributed by atoms with Gasteiger partial charge in [0.1, 0.15) is 5.75 Å². The maximum Gasteiger partial charge on any atom is 0.329 e. The van der Waals surface area contributed by atoms with Gasteiger partial charge in [-0.2, -0.15) is 5.10 Å². The van der Waals surface area contributed by atoms with Crippen LogP contribution in [-0.4, -0.2) is 43.9 Å². The molecule has 7 nitrogen and oxygen atoms in total. The predicted octanol–water partition coefficient (Wildman–Crippen LogP) is 1.59. The number of nitrogens with one attached hydrogen (secondary N) is 2. The van der Waals surface area contributed by atoms with Crippen molar-refractivity contribution in [1.29, 1.82) is 0 Å². The number of carbonyl (C=O) groups excluding carboxylic acids is 2. The number of benzene rings is 1. The fraction of sp³-hybridized carbons (Fsp3) is 0.438. The van der Waals surface area contributed by atoms with E-state index >= 15 is 0 Å². The summed E-state index contributed by atoms with van der Waals surface area (Å²) in [4.78, 5) is 23.4. The van der Waals surface area contributed by atoms with E-state index in [-0.39, 0.29) is 6.10 Å². The third kappa shape index (κ3) is 5.61. The summed E-state index contributed by atoms with van der Waals surface area (Å²) in [6, 6.07) is 5.45. The highest BCUT2D eigenvalue weighted by molar-refractivity contribution is 9.10. The van der Waals surface area contributed by atoms with Crippen LogP contribution in [0.15, 0.2) is 27.8 Å². The molecule has 1 aliphatic heterocycles. The lowest BCUT2D eigenvalue weighted by molar-refractivity contribution is -0.139. The van der Waals surface area contributed by atoms with Crippen LogP contribution >= 0.6 is 15.9 Å². The molecule has 1 atom stereocenters. The Morgan fingerprint density at radius 2 is 2.29 bits per heavy atom. The quantitative estimate of drug-likeness (QED) is 0.433. The number of hydrogen-bond donors (Lipinski definition) is 2. The second kappa shape index (κ2) is 9.39. The molecule has 1 saturated heterocycles. The molecule has 1 fully saturated rings. The Kier molecular flexibility index (Phi) is 7.20. The van der Waals surface area contributed by atoms with Crippen molar-refractivity contribution >= 4 is 34.0 Å². The van der Waals surface area contributed by atoms with E-state index in [1.54, 1.807) is 12.1 Å². The van der Waals surface area contributed by atoms with Gasteiger partial charge in [-0.25, -0.2) is 5.43 Å². The molecule has 1 heterocycles. The number of halogens is 1. The third-order valence-electron chi connectivity index (χ3n) is 3.36. The van der Waals surface area contributed by atoms with E-state index < -0.39 is 11.8 Å². The van der Waals surface area contributed by atoms with Gasteiger partial charge in [-0.05, 0) is 38.0 Å². The van der Waals surface area contributed by atoms with Gasteiger partial charge in [0.25, 0.3) is 0 Å². The molecule has 2 amide bonds. The average molecular weight is 398 g/mol. The molecule has 0 saturated carbocycles. The average Bonchev–Trinajstić information content (AvgIpc) is 3.08. The number of hydrogen-bond acceptors (Lipinski definition) is 5. The lowest BCUT2D eigenvalue weighted by Crippen LogP contribution is -2.41. The molecule has 0 radical (unpaired) electrons. The first-order valence-corrected chi connectivity index (χ1v) is 8.54. The van der Waals surface area contributed by atoms with Crippen LogP contribution < -0.4 is 15.5 Å². The van der Waals surface area contributed by atoms with Crippen molar-refractivity contribution in [1.82, 2.24) is 10.7 Å². The Labute approximate surface area is 148 Å². The van der Waals surface area contributed by atoms with Gasteiger partial charge in [0.15, 0.2) is 0 Å². The molecule has 0 unspecified atom stereocenters. The van der Waals surface area contributed by atoms with Crippen LogP contribution in [0.25, 0.3) is 0 Å².